The van der Waals surface area contributed by atoms with Crippen LogP contribution >= 0.6 is 12.2 Å². The molecule has 1 atom stereocenters. The summed E-state index contributed by atoms with van der Waals surface area (Å²) in [7, 11) is 0. The summed E-state index contributed by atoms with van der Waals surface area (Å²) in [6.45, 7) is 3.64. The molecule has 7 heteroatoms. The van der Waals surface area contributed by atoms with Gasteiger partial charge < -0.3 is 15.0 Å². The number of carbonyl (C=O) groups excluding carboxylic acids is 1. The third-order valence-corrected chi connectivity index (χ3v) is 5.55. The van der Waals surface area contributed by atoms with Crippen LogP contribution in [0.1, 0.15) is 34.3 Å². The van der Waals surface area contributed by atoms with Crippen LogP contribution in [0, 0.1) is 11.7 Å². The standard InChI is InChI=1S/C22H23N3O3S/c1-14-4-6-15(7-5-14)12-23-20(26)16-8-9-18-19(11-16)24-22(29)25(21(18)27)13-17-3-2-10-28-17/h4-9,11,17H,2-3,10,12-13H2,1H3,(H,23,26)(H,24,29)/t17-/m0/s1. The average Bonchev–Trinajstić information content (AvgIpc) is 3.23. The summed E-state index contributed by atoms with van der Waals surface area (Å²) in [5.74, 6) is -0.199. The van der Waals surface area contributed by atoms with Gasteiger partial charge in [-0.2, -0.15) is 0 Å². The summed E-state index contributed by atoms with van der Waals surface area (Å²) in [6.07, 6.45) is 1.95. The number of aromatic amines is 1. The largest absolute Gasteiger partial charge is 0.376 e. The molecule has 0 aliphatic carbocycles. The number of hydrogen-bond donors (Lipinski definition) is 2. The van der Waals surface area contributed by atoms with E-state index in [1.807, 2.05) is 31.2 Å². The van der Waals surface area contributed by atoms with Gasteiger partial charge in [-0.25, -0.2) is 0 Å². The van der Waals surface area contributed by atoms with Crippen LogP contribution in [0.25, 0.3) is 10.9 Å². The first-order chi connectivity index (χ1) is 14.0. The number of rotatable bonds is 5. The highest BCUT2D eigenvalue weighted by Gasteiger charge is 2.18. The highest BCUT2D eigenvalue weighted by molar-refractivity contribution is 7.71. The number of benzene rings is 2. The second kappa shape index (κ2) is 8.31. The summed E-state index contributed by atoms with van der Waals surface area (Å²) >= 11 is 5.39. The minimum atomic E-state index is -0.199. The molecule has 0 unspecified atom stereocenters. The number of H-pyrrole nitrogens is 1. The van der Waals surface area contributed by atoms with Crippen LogP contribution in [0.4, 0.5) is 0 Å². The minimum absolute atomic E-state index is 0.0204. The molecule has 1 aliphatic heterocycles. The van der Waals surface area contributed by atoms with Crippen LogP contribution in [-0.4, -0.2) is 28.2 Å². The number of aryl methyl sites for hydroxylation is 1. The molecule has 0 saturated carbocycles. The topological polar surface area (TPSA) is 76.1 Å². The maximum atomic E-state index is 12.9. The number of nitrogens with one attached hydrogen (secondary N) is 2. The fraction of sp³-hybridized carbons (Fsp3) is 0.318. The molecule has 1 aliphatic rings. The molecular weight excluding hydrogens is 386 g/mol. The van der Waals surface area contributed by atoms with Gasteiger partial charge in [-0.3, -0.25) is 14.2 Å². The van der Waals surface area contributed by atoms with E-state index in [4.69, 9.17) is 17.0 Å². The lowest BCUT2D eigenvalue weighted by Crippen LogP contribution is -2.28. The van der Waals surface area contributed by atoms with Crippen molar-refractivity contribution in [1.29, 1.82) is 0 Å². The van der Waals surface area contributed by atoms with Crippen LogP contribution in [0.5, 0.6) is 0 Å². The maximum absolute atomic E-state index is 12.9. The third-order valence-electron chi connectivity index (χ3n) is 5.23. The van der Waals surface area contributed by atoms with Crippen LogP contribution in [0.3, 0.4) is 0 Å². The van der Waals surface area contributed by atoms with Crippen molar-refractivity contribution in [3.8, 4) is 0 Å². The number of aromatic nitrogens is 2. The van der Waals surface area contributed by atoms with E-state index < -0.39 is 0 Å². The van der Waals surface area contributed by atoms with Gasteiger partial charge in [0.05, 0.1) is 23.6 Å². The molecule has 2 aromatic carbocycles. The van der Waals surface area contributed by atoms with Gasteiger partial charge in [0.15, 0.2) is 4.77 Å². The lowest BCUT2D eigenvalue weighted by molar-refractivity contribution is 0.0950. The number of amides is 1. The van der Waals surface area contributed by atoms with Crippen molar-refractivity contribution in [2.45, 2.75) is 39.0 Å². The molecule has 3 aromatic rings. The molecular formula is C22H23N3O3S. The van der Waals surface area contributed by atoms with Gasteiger partial charge in [-0.15, -0.1) is 0 Å². The maximum Gasteiger partial charge on any atom is 0.262 e. The van der Waals surface area contributed by atoms with Gasteiger partial charge in [0.1, 0.15) is 0 Å². The molecule has 0 radical (unpaired) electrons. The Kier molecular flexibility index (Phi) is 5.60. The molecule has 29 heavy (non-hydrogen) atoms. The van der Waals surface area contributed by atoms with Crippen molar-refractivity contribution < 1.29 is 9.53 Å². The summed E-state index contributed by atoms with van der Waals surface area (Å²) in [6, 6.07) is 13.0. The monoisotopic (exact) mass is 409 g/mol. The Morgan fingerprint density at radius 2 is 2.07 bits per heavy atom. The van der Waals surface area contributed by atoms with Crippen LogP contribution in [0.2, 0.25) is 0 Å². The Balaban J connectivity index is 1.55. The molecule has 4 rings (SSSR count). The molecule has 6 nitrogen and oxygen atoms in total. The normalized spacial score (nSPS) is 16.2. The Labute approximate surface area is 173 Å². The fourth-order valence-electron chi connectivity index (χ4n) is 3.54. The molecule has 1 amide bonds. The summed E-state index contributed by atoms with van der Waals surface area (Å²) in [4.78, 5) is 28.5. The lowest BCUT2D eigenvalue weighted by Gasteiger charge is -2.13. The molecule has 2 heterocycles. The first kappa shape index (κ1) is 19.5. The van der Waals surface area contributed by atoms with E-state index >= 15 is 0 Å². The SMILES string of the molecule is Cc1ccc(CNC(=O)c2ccc3c(=O)n(C[C@@H]4CCCO4)c(=S)[nH]c3c2)cc1. The quantitative estimate of drug-likeness (QED) is 0.633. The highest BCUT2D eigenvalue weighted by atomic mass is 32.1. The molecule has 0 spiro atoms. The molecule has 2 N–H and O–H groups in total. The van der Waals surface area contributed by atoms with Crippen LogP contribution in [0.15, 0.2) is 47.3 Å². The van der Waals surface area contributed by atoms with Gasteiger partial charge in [-0.1, -0.05) is 29.8 Å². The Hall–Kier alpha value is -2.77. The Bertz CT molecular complexity index is 1160. The molecule has 1 aromatic heterocycles. The fourth-order valence-corrected chi connectivity index (χ4v) is 3.81. The molecule has 1 fully saturated rings. The van der Waals surface area contributed by atoms with Gasteiger partial charge >= 0.3 is 0 Å². The van der Waals surface area contributed by atoms with Crippen molar-refractivity contribution in [1.82, 2.24) is 14.9 Å². The van der Waals surface area contributed by atoms with Crippen molar-refractivity contribution in [3.05, 3.63) is 74.3 Å². The van der Waals surface area contributed by atoms with Gasteiger partial charge in [-0.05, 0) is 55.7 Å². The number of hydrogen-bond acceptors (Lipinski definition) is 4. The van der Waals surface area contributed by atoms with Crippen molar-refractivity contribution in [2.75, 3.05) is 6.61 Å². The second-order valence-corrected chi connectivity index (χ2v) is 7.80. The molecule has 0 bridgehead atoms. The van der Waals surface area contributed by atoms with E-state index in [0.29, 0.717) is 34.3 Å². The Morgan fingerprint density at radius 1 is 1.28 bits per heavy atom. The number of nitrogens with zero attached hydrogens (tertiary/aromatic N) is 1. The van der Waals surface area contributed by atoms with Crippen LogP contribution < -0.4 is 10.9 Å². The minimum Gasteiger partial charge on any atom is -0.376 e. The van der Waals surface area contributed by atoms with E-state index in [1.165, 1.54) is 5.56 Å². The van der Waals surface area contributed by atoms with Crippen molar-refractivity contribution in [2.24, 2.45) is 0 Å². The zero-order valence-corrected chi connectivity index (χ0v) is 17.1. The predicted octanol–water partition coefficient (Wildman–Crippen LogP) is 3.48. The summed E-state index contributed by atoms with van der Waals surface area (Å²) < 4.78 is 7.52. The summed E-state index contributed by atoms with van der Waals surface area (Å²) in [5, 5.41) is 3.42. The van der Waals surface area contributed by atoms with Crippen LogP contribution in [-0.2, 0) is 17.8 Å². The molecule has 150 valence electrons. The third kappa shape index (κ3) is 4.31. The van der Waals surface area contributed by atoms with E-state index in [0.717, 1.165) is 25.0 Å². The molecule has 1 saturated heterocycles. The second-order valence-electron chi connectivity index (χ2n) is 7.41. The zero-order chi connectivity index (χ0) is 20.4. The zero-order valence-electron chi connectivity index (χ0n) is 16.2. The average molecular weight is 410 g/mol. The van der Waals surface area contributed by atoms with Gasteiger partial charge in [0.25, 0.3) is 11.5 Å². The number of ether oxygens (including phenoxy) is 1. The number of fused-ring (bicyclic) bond motifs is 1. The number of carbonyl (C=O) groups is 1. The van der Waals surface area contributed by atoms with E-state index in [-0.39, 0.29) is 17.6 Å². The van der Waals surface area contributed by atoms with Gasteiger partial charge in [0.2, 0.25) is 0 Å². The summed E-state index contributed by atoms with van der Waals surface area (Å²) in [5.41, 5.74) is 3.08. The van der Waals surface area contributed by atoms with Crippen molar-refractivity contribution >= 4 is 29.0 Å². The smallest absolute Gasteiger partial charge is 0.262 e. The Morgan fingerprint density at radius 3 is 2.79 bits per heavy atom. The first-order valence-electron chi connectivity index (χ1n) is 9.73. The lowest BCUT2D eigenvalue weighted by atomic mass is 10.1. The first-order valence-corrected chi connectivity index (χ1v) is 10.1. The van der Waals surface area contributed by atoms with Gasteiger partial charge in [0, 0.05) is 18.7 Å². The van der Waals surface area contributed by atoms with E-state index in [2.05, 4.69) is 10.3 Å². The predicted molar refractivity (Wildman–Crippen MR) is 115 cm³/mol. The van der Waals surface area contributed by atoms with E-state index in [1.54, 1.807) is 22.8 Å². The highest BCUT2D eigenvalue weighted by Crippen LogP contribution is 2.15. The van der Waals surface area contributed by atoms with Crippen molar-refractivity contribution in [3.63, 3.8) is 0 Å². The van der Waals surface area contributed by atoms with E-state index in [9.17, 15) is 9.59 Å².